The lowest BCUT2D eigenvalue weighted by atomic mass is 9.85. The molecule has 1 aromatic heterocycles. The minimum Gasteiger partial charge on any atom is -0.480 e. The molecule has 1 aliphatic carbocycles. The van der Waals surface area contributed by atoms with Crippen LogP contribution in [0.3, 0.4) is 0 Å². The van der Waals surface area contributed by atoms with E-state index in [1.807, 2.05) is 0 Å². The van der Waals surface area contributed by atoms with E-state index in [0.29, 0.717) is 11.3 Å². The first-order chi connectivity index (χ1) is 7.45. The van der Waals surface area contributed by atoms with E-state index in [4.69, 9.17) is 10.2 Å². The normalized spacial score (nSPS) is 16.8. The maximum absolute atomic E-state index is 11.1. The van der Waals surface area contributed by atoms with Crippen molar-refractivity contribution in [3.8, 4) is 0 Å². The summed E-state index contributed by atoms with van der Waals surface area (Å²) < 4.78 is 0.720. The SMILES string of the molecule is O=C(O)C1(C(=O)O)Cc2cc(Br)cnc2C1. The van der Waals surface area contributed by atoms with Gasteiger partial charge < -0.3 is 10.2 Å². The third-order valence-electron chi connectivity index (χ3n) is 2.81. The average Bonchev–Trinajstić information content (AvgIpc) is 2.57. The van der Waals surface area contributed by atoms with E-state index in [9.17, 15) is 9.59 Å². The zero-order valence-electron chi connectivity index (χ0n) is 8.11. The van der Waals surface area contributed by atoms with Crippen LogP contribution in [0.15, 0.2) is 16.7 Å². The fourth-order valence-corrected chi connectivity index (χ4v) is 2.27. The molecular weight excluding hydrogens is 278 g/mol. The van der Waals surface area contributed by atoms with Crippen molar-refractivity contribution in [3.05, 3.63) is 28.0 Å². The second-order valence-electron chi connectivity index (χ2n) is 3.81. The topological polar surface area (TPSA) is 87.5 Å². The molecule has 0 aromatic carbocycles. The average molecular weight is 286 g/mol. The van der Waals surface area contributed by atoms with Crippen molar-refractivity contribution in [1.29, 1.82) is 0 Å². The van der Waals surface area contributed by atoms with Gasteiger partial charge in [-0.2, -0.15) is 0 Å². The monoisotopic (exact) mass is 285 g/mol. The van der Waals surface area contributed by atoms with E-state index in [-0.39, 0.29) is 12.8 Å². The zero-order valence-corrected chi connectivity index (χ0v) is 9.69. The molecule has 16 heavy (non-hydrogen) atoms. The van der Waals surface area contributed by atoms with Crippen molar-refractivity contribution in [2.24, 2.45) is 5.41 Å². The lowest BCUT2D eigenvalue weighted by molar-refractivity contribution is -0.163. The van der Waals surface area contributed by atoms with Gasteiger partial charge in [-0.15, -0.1) is 0 Å². The highest BCUT2D eigenvalue weighted by molar-refractivity contribution is 9.10. The van der Waals surface area contributed by atoms with Crippen LogP contribution in [0.5, 0.6) is 0 Å². The molecule has 1 heterocycles. The van der Waals surface area contributed by atoms with Crippen molar-refractivity contribution in [3.63, 3.8) is 0 Å². The van der Waals surface area contributed by atoms with E-state index in [2.05, 4.69) is 20.9 Å². The smallest absolute Gasteiger partial charge is 0.321 e. The third kappa shape index (κ3) is 1.49. The van der Waals surface area contributed by atoms with Gasteiger partial charge in [0.05, 0.1) is 0 Å². The van der Waals surface area contributed by atoms with E-state index in [1.165, 1.54) is 0 Å². The molecule has 0 aliphatic heterocycles. The van der Waals surface area contributed by atoms with Gasteiger partial charge in [-0.05, 0) is 27.6 Å². The highest BCUT2D eigenvalue weighted by Crippen LogP contribution is 2.37. The second-order valence-corrected chi connectivity index (χ2v) is 4.72. The van der Waals surface area contributed by atoms with E-state index < -0.39 is 17.4 Å². The molecule has 2 rings (SSSR count). The number of fused-ring (bicyclic) bond motifs is 1. The summed E-state index contributed by atoms with van der Waals surface area (Å²) in [5, 5.41) is 18.1. The molecule has 2 N–H and O–H groups in total. The summed E-state index contributed by atoms with van der Waals surface area (Å²) in [6.45, 7) is 0. The summed E-state index contributed by atoms with van der Waals surface area (Å²) in [7, 11) is 0. The quantitative estimate of drug-likeness (QED) is 0.795. The lowest BCUT2D eigenvalue weighted by Crippen LogP contribution is -2.40. The fraction of sp³-hybridized carbons (Fsp3) is 0.300. The molecule has 0 saturated carbocycles. The van der Waals surface area contributed by atoms with Crippen LogP contribution in [0.4, 0.5) is 0 Å². The zero-order chi connectivity index (χ0) is 11.9. The number of carbonyl (C=O) groups is 2. The molecule has 1 aliphatic rings. The second kappa shape index (κ2) is 3.55. The molecule has 0 amide bonds. The number of hydrogen-bond acceptors (Lipinski definition) is 3. The number of carboxylic acids is 2. The molecule has 1 aromatic rings. The van der Waals surface area contributed by atoms with Crippen molar-refractivity contribution < 1.29 is 19.8 Å². The van der Waals surface area contributed by atoms with Crippen LogP contribution in [0.1, 0.15) is 11.3 Å². The van der Waals surface area contributed by atoms with Gasteiger partial charge in [0.25, 0.3) is 0 Å². The molecule has 0 atom stereocenters. The third-order valence-corrected chi connectivity index (χ3v) is 3.24. The van der Waals surface area contributed by atoms with Gasteiger partial charge in [-0.3, -0.25) is 14.6 Å². The van der Waals surface area contributed by atoms with E-state index in [0.717, 1.165) is 4.47 Å². The molecule has 0 bridgehead atoms. The van der Waals surface area contributed by atoms with Crippen LogP contribution in [0.25, 0.3) is 0 Å². The van der Waals surface area contributed by atoms with Crippen LogP contribution in [-0.4, -0.2) is 27.1 Å². The Labute approximate surface area is 99.2 Å². The highest BCUT2D eigenvalue weighted by atomic mass is 79.9. The Hall–Kier alpha value is -1.43. The van der Waals surface area contributed by atoms with Crippen molar-refractivity contribution in [2.75, 3.05) is 0 Å². The summed E-state index contributed by atoms with van der Waals surface area (Å²) in [4.78, 5) is 26.2. The first kappa shape index (κ1) is 11.1. The summed E-state index contributed by atoms with van der Waals surface area (Å²) in [6, 6.07) is 1.72. The van der Waals surface area contributed by atoms with E-state index in [1.54, 1.807) is 12.3 Å². The standard InChI is InChI=1S/C10H8BrNO4/c11-6-1-5-2-10(8(13)14,9(15)16)3-7(5)12-4-6/h1,4H,2-3H2,(H,13,14)(H,15,16). The van der Waals surface area contributed by atoms with Crippen molar-refractivity contribution in [1.82, 2.24) is 4.98 Å². The van der Waals surface area contributed by atoms with Gasteiger partial charge in [-0.25, -0.2) is 0 Å². The molecule has 0 unspecified atom stereocenters. The van der Waals surface area contributed by atoms with Gasteiger partial charge >= 0.3 is 11.9 Å². The lowest BCUT2D eigenvalue weighted by Gasteiger charge is -2.16. The van der Waals surface area contributed by atoms with Crippen LogP contribution in [-0.2, 0) is 22.4 Å². The number of carboxylic acid groups (broad SMARTS) is 2. The Morgan fingerprint density at radius 2 is 1.94 bits per heavy atom. The van der Waals surface area contributed by atoms with Crippen LogP contribution < -0.4 is 0 Å². The number of nitrogens with zero attached hydrogens (tertiary/aromatic N) is 1. The molecule has 0 saturated heterocycles. The Balaban J connectivity index is 2.46. The predicted molar refractivity (Wildman–Crippen MR) is 57.0 cm³/mol. The van der Waals surface area contributed by atoms with Gasteiger partial charge in [0.1, 0.15) is 0 Å². The van der Waals surface area contributed by atoms with Crippen LogP contribution in [0.2, 0.25) is 0 Å². The predicted octanol–water partition coefficient (Wildman–Crippen LogP) is 1.10. The Bertz CT molecular complexity index is 472. The number of rotatable bonds is 2. The van der Waals surface area contributed by atoms with Crippen LogP contribution >= 0.6 is 15.9 Å². The minimum absolute atomic E-state index is 0.0144. The van der Waals surface area contributed by atoms with Crippen molar-refractivity contribution >= 4 is 27.9 Å². The van der Waals surface area contributed by atoms with Gasteiger partial charge in [0.2, 0.25) is 0 Å². The Kier molecular flexibility index (Phi) is 2.46. The number of halogens is 1. The van der Waals surface area contributed by atoms with E-state index >= 15 is 0 Å². The summed E-state index contributed by atoms with van der Waals surface area (Å²) in [6.07, 6.45) is 1.47. The molecule has 0 fully saturated rings. The fourth-order valence-electron chi connectivity index (χ4n) is 1.89. The van der Waals surface area contributed by atoms with Gasteiger partial charge in [-0.1, -0.05) is 0 Å². The summed E-state index contributed by atoms with van der Waals surface area (Å²) in [5.74, 6) is -2.62. The summed E-state index contributed by atoms with van der Waals surface area (Å²) >= 11 is 3.22. The molecule has 6 heteroatoms. The molecule has 84 valence electrons. The van der Waals surface area contributed by atoms with Gasteiger partial charge in [0, 0.05) is 29.2 Å². The number of aromatic nitrogens is 1. The Morgan fingerprint density at radius 1 is 1.31 bits per heavy atom. The number of hydrogen-bond donors (Lipinski definition) is 2. The molecule has 0 spiro atoms. The van der Waals surface area contributed by atoms with Crippen LogP contribution in [0, 0.1) is 5.41 Å². The molecule has 0 radical (unpaired) electrons. The summed E-state index contributed by atoms with van der Waals surface area (Å²) in [5.41, 5.74) is -0.525. The maximum Gasteiger partial charge on any atom is 0.321 e. The number of aliphatic carboxylic acids is 2. The largest absolute Gasteiger partial charge is 0.480 e. The first-order valence-corrected chi connectivity index (χ1v) is 5.35. The molecular formula is C10H8BrNO4. The molecule has 5 nitrogen and oxygen atoms in total. The minimum atomic E-state index is -1.75. The first-order valence-electron chi connectivity index (χ1n) is 4.56. The van der Waals surface area contributed by atoms with Crippen molar-refractivity contribution in [2.45, 2.75) is 12.8 Å². The van der Waals surface area contributed by atoms with Gasteiger partial charge in [0.15, 0.2) is 5.41 Å². The maximum atomic E-state index is 11.1. The number of pyridine rings is 1. The Morgan fingerprint density at radius 3 is 2.50 bits per heavy atom. The highest BCUT2D eigenvalue weighted by Gasteiger charge is 2.51.